The van der Waals surface area contributed by atoms with Crippen molar-refractivity contribution in [2.24, 2.45) is 5.41 Å². The van der Waals surface area contributed by atoms with E-state index in [1.165, 1.54) is 6.33 Å². The lowest BCUT2D eigenvalue weighted by molar-refractivity contribution is -0.00819. The molecular formula is C18H21Cl2N3OS. The number of hydrogen-bond donors (Lipinski definition) is 2. The maximum Gasteiger partial charge on any atom is 0.137 e. The number of thiol groups is 1. The minimum atomic E-state index is -1.09. The van der Waals surface area contributed by atoms with Crippen LogP contribution < -0.4 is 0 Å². The van der Waals surface area contributed by atoms with E-state index in [4.69, 9.17) is 23.2 Å². The lowest BCUT2D eigenvalue weighted by Gasteiger charge is -2.35. The van der Waals surface area contributed by atoms with Gasteiger partial charge in [0, 0.05) is 20.7 Å². The van der Waals surface area contributed by atoms with Crippen LogP contribution in [0.5, 0.6) is 0 Å². The molecule has 0 spiro atoms. The molecule has 1 aliphatic carbocycles. The Hall–Kier alpha value is -1.01. The molecule has 1 saturated carbocycles. The summed E-state index contributed by atoms with van der Waals surface area (Å²) < 4.78 is 1.66. The van der Waals surface area contributed by atoms with E-state index in [2.05, 4.69) is 29.6 Å². The normalized spacial score (nSPS) is 25.2. The maximum atomic E-state index is 11.6. The van der Waals surface area contributed by atoms with Gasteiger partial charge in [0.05, 0.1) is 6.54 Å². The van der Waals surface area contributed by atoms with Crippen molar-refractivity contribution in [2.75, 3.05) is 0 Å². The number of hydrogen-bond acceptors (Lipinski definition) is 4. The Morgan fingerprint density at radius 3 is 2.80 bits per heavy atom. The monoisotopic (exact) mass is 397 g/mol. The van der Waals surface area contributed by atoms with Gasteiger partial charge < -0.3 is 5.11 Å². The molecule has 1 aliphatic rings. The number of aromatic nitrogens is 3. The molecule has 25 heavy (non-hydrogen) atoms. The van der Waals surface area contributed by atoms with Crippen LogP contribution in [-0.2, 0) is 6.54 Å². The molecule has 3 atom stereocenters. The molecule has 0 amide bonds. The molecule has 3 rings (SSSR count). The molecule has 1 heterocycles. The lowest BCUT2D eigenvalue weighted by atomic mass is 9.79. The van der Waals surface area contributed by atoms with Gasteiger partial charge in [-0.15, -0.1) is 0 Å². The van der Waals surface area contributed by atoms with Crippen LogP contribution >= 0.6 is 35.8 Å². The van der Waals surface area contributed by atoms with E-state index < -0.39 is 5.60 Å². The highest BCUT2D eigenvalue weighted by atomic mass is 35.5. The highest BCUT2D eigenvalue weighted by molar-refractivity contribution is 7.81. The first-order valence-corrected chi connectivity index (χ1v) is 9.54. The minimum Gasteiger partial charge on any atom is -0.383 e. The van der Waals surface area contributed by atoms with Gasteiger partial charge in [-0.3, -0.25) is 0 Å². The number of halogens is 2. The van der Waals surface area contributed by atoms with Gasteiger partial charge in [0.2, 0.25) is 0 Å². The topological polar surface area (TPSA) is 50.9 Å². The quantitative estimate of drug-likeness (QED) is 0.675. The first-order chi connectivity index (χ1) is 11.9. The Bertz CT molecular complexity index is 768. The van der Waals surface area contributed by atoms with Crippen molar-refractivity contribution in [1.82, 2.24) is 14.8 Å². The van der Waals surface area contributed by atoms with Crippen LogP contribution in [-0.4, -0.2) is 30.7 Å². The summed E-state index contributed by atoms with van der Waals surface area (Å²) in [5, 5.41) is 17.0. The first-order valence-electron chi connectivity index (χ1n) is 8.27. The van der Waals surface area contributed by atoms with Crippen molar-refractivity contribution < 1.29 is 5.11 Å². The standard InChI is InChI=1S/C18H21Cl2N3OS/c1-2-6-17(9-16(17)25)18(24,10-23-12-21-11-22-23)7-5-13-3-4-14(19)8-15(13)20/h3-5,7-8,11-12,16,24-25H,2,6,9-10H2,1H3/b7-5+. The predicted octanol–water partition coefficient (Wildman–Crippen LogP) is 4.52. The first kappa shape index (κ1) is 18.8. The van der Waals surface area contributed by atoms with Gasteiger partial charge >= 0.3 is 0 Å². The van der Waals surface area contributed by atoms with Crippen LogP contribution in [0.3, 0.4) is 0 Å². The molecular weight excluding hydrogens is 377 g/mol. The molecule has 0 radical (unpaired) electrons. The molecule has 134 valence electrons. The minimum absolute atomic E-state index is 0.159. The van der Waals surface area contributed by atoms with Crippen molar-refractivity contribution in [3.05, 3.63) is 52.5 Å². The summed E-state index contributed by atoms with van der Waals surface area (Å²) in [6, 6.07) is 5.32. The van der Waals surface area contributed by atoms with Crippen LogP contribution in [0.4, 0.5) is 0 Å². The van der Waals surface area contributed by atoms with Crippen LogP contribution in [0.2, 0.25) is 10.0 Å². The fourth-order valence-corrected chi connectivity index (χ4v) is 4.63. The third kappa shape index (κ3) is 3.75. The van der Waals surface area contributed by atoms with E-state index >= 15 is 0 Å². The summed E-state index contributed by atoms with van der Waals surface area (Å²) in [6.07, 6.45) is 9.51. The van der Waals surface area contributed by atoms with Crippen molar-refractivity contribution in [3.63, 3.8) is 0 Å². The van der Waals surface area contributed by atoms with E-state index in [1.807, 2.05) is 18.2 Å². The summed E-state index contributed by atoms with van der Waals surface area (Å²) in [7, 11) is 0. The van der Waals surface area contributed by atoms with Crippen molar-refractivity contribution in [1.29, 1.82) is 0 Å². The Labute approximate surface area is 163 Å². The van der Waals surface area contributed by atoms with Gasteiger partial charge in [-0.1, -0.05) is 54.8 Å². The van der Waals surface area contributed by atoms with Gasteiger partial charge in [-0.05, 0) is 30.5 Å². The smallest absolute Gasteiger partial charge is 0.137 e. The average molecular weight is 398 g/mol. The molecule has 2 aromatic rings. The number of nitrogens with zero attached hydrogens (tertiary/aromatic N) is 3. The molecule has 0 saturated heterocycles. The van der Waals surface area contributed by atoms with Gasteiger partial charge in [0.15, 0.2) is 0 Å². The van der Waals surface area contributed by atoms with E-state index in [1.54, 1.807) is 23.1 Å². The van der Waals surface area contributed by atoms with Crippen LogP contribution in [0.25, 0.3) is 6.08 Å². The molecule has 1 N–H and O–H groups in total. The zero-order chi connectivity index (χ0) is 18.1. The molecule has 1 aromatic heterocycles. The fraction of sp³-hybridized carbons (Fsp3) is 0.444. The van der Waals surface area contributed by atoms with Gasteiger partial charge in [0.1, 0.15) is 18.3 Å². The second-order valence-corrected chi connectivity index (χ2v) is 8.11. The zero-order valence-electron chi connectivity index (χ0n) is 13.9. The summed E-state index contributed by atoms with van der Waals surface area (Å²) >= 11 is 16.9. The zero-order valence-corrected chi connectivity index (χ0v) is 16.3. The lowest BCUT2D eigenvalue weighted by Crippen LogP contribution is -2.43. The summed E-state index contributed by atoms with van der Waals surface area (Å²) in [5.41, 5.74) is -0.552. The molecule has 3 unspecified atom stereocenters. The number of aliphatic hydroxyl groups is 1. The largest absolute Gasteiger partial charge is 0.383 e. The van der Waals surface area contributed by atoms with Crippen LogP contribution in [0.15, 0.2) is 36.9 Å². The highest BCUT2D eigenvalue weighted by Gasteiger charge is 2.63. The van der Waals surface area contributed by atoms with Gasteiger partial charge in [-0.25, -0.2) is 9.67 Å². The van der Waals surface area contributed by atoms with E-state index in [9.17, 15) is 5.11 Å². The van der Waals surface area contributed by atoms with Gasteiger partial charge in [0.25, 0.3) is 0 Å². The van der Waals surface area contributed by atoms with E-state index in [0.717, 1.165) is 24.8 Å². The average Bonchev–Trinajstić information content (AvgIpc) is 2.97. The Morgan fingerprint density at radius 1 is 1.48 bits per heavy atom. The summed E-state index contributed by atoms with van der Waals surface area (Å²) in [6.45, 7) is 2.45. The molecule has 0 bridgehead atoms. The van der Waals surface area contributed by atoms with E-state index in [-0.39, 0.29) is 10.7 Å². The van der Waals surface area contributed by atoms with Crippen molar-refractivity contribution >= 4 is 41.9 Å². The van der Waals surface area contributed by atoms with Crippen LogP contribution in [0.1, 0.15) is 31.7 Å². The molecule has 1 aromatic carbocycles. The fourth-order valence-electron chi connectivity index (χ4n) is 3.48. The summed E-state index contributed by atoms with van der Waals surface area (Å²) in [4.78, 5) is 3.98. The Morgan fingerprint density at radius 2 is 2.24 bits per heavy atom. The maximum absolute atomic E-state index is 11.6. The summed E-state index contributed by atoms with van der Waals surface area (Å²) in [5.74, 6) is 0. The van der Waals surface area contributed by atoms with Gasteiger partial charge in [-0.2, -0.15) is 17.7 Å². The van der Waals surface area contributed by atoms with Crippen LogP contribution in [0, 0.1) is 5.41 Å². The second-order valence-electron chi connectivity index (χ2n) is 6.64. The van der Waals surface area contributed by atoms with E-state index in [0.29, 0.717) is 16.6 Å². The number of rotatable bonds is 7. The third-order valence-electron chi connectivity index (χ3n) is 4.96. The van der Waals surface area contributed by atoms with Crippen molar-refractivity contribution in [2.45, 2.75) is 43.6 Å². The molecule has 4 nitrogen and oxygen atoms in total. The molecule has 1 fully saturated rings. The molecule has 0 aliphatic heterocycles. The Balaban J connectivity index is 1.95. The molecule has 7 heteroatoms. The number of benzene rings is 1. The highest BCUT2D eigenvalue weighted by Crippen LogP contribution is 2.61. The third-order valence-corrected chi connectivity index (χ3v) is 6.20. The predicted molar refractivity (Wildman–Crippen MR) is 105 cm³/mol. The van der Waals surface area contributed by atoms with Crippen molar-refractivity contribution in [3.8, 4) is 0 Å². The second kappa shape index (κ2) is 7.31. The Kier molecular flexibility index (Phi) is 5.49. The SMILES string of the molecule is CCCC1(C(O)(/C=C/c2ccc(Cl)cc2Cl)Cn2cncn2)CC1S.